The Labute approximate surface area is 127 Å². The molecule has 0 radical (unpaired) electrons. The van der Waals surface area contributed by atoms with Crippen LogP contribution in [0.1, 0.15) is 4.88 Å². The number of rotatable bonds is 5. The number of carbonyl (C=O) groups is 1. The minimum atomic E-state index is -3.18. The Hall–Kier alpha value is -1.45. The molecular weight excluding hydrogens is 314 g/mol. The van der Waals surface area contributed by atoms with E-state index < -0.39 is 10.0 Å². The quantitative estimate of drug-likeness (QED) is 0.570. The Morgan fingerprint density at radius 2 is 2.14 bits per heavy atom. The Bertz CT molecular complexity index is 590. The van der Waals surface area contributed by atoms with Gasteiger partial charge in [0.1, 0.15) is 0 Å². The van der Waals surface area contributed by atoms with Crippen molar-refractivity contribution in [1.29, 1.82) is 0 Å². The molecule has 7 nitrogen and oxygen atoms in total. The Balaban J connectivity index is 1.73. The lowest BCUT2D eigenvalue weighted by atomic mass is 10.3. The molecule has 1 fully saturated rings. The van der Waals surface area contributed by atoms with Crippen molar-refractivity contribution in [3.05, 3.63) is 22.4 Å². The van der Waals surface area contributed by atoms with E-state index in [2.05, 4.69) is 5.16 Å². The third-order valence-corrected chi connectivity index (χ3v) is 5.16. The molecule has 9 heteroatoms. The van der Waals surface area contributed by atoms with Crippen molar-refractivity contribution in [2.24, 2.45) is 5.16 Å². The zero-order valence-corrected chi connectivity index (χ0v) is 13.3. The van der Waals surface area contributed by atoms with E-state index in [-0.39, 0.29) is 12.5 Å². The molecule has 0 atom stereocenters. The summed E-state index contributed by atoms with van der Waals surface area (Å²) in [6, 6.07) is 3.79. The fraction of sp³-hybridized carbons (Fsp3) is 0.500. The van der Waals surface area contributed by atoms with Gasteiger partial charge in [0, 0.05) is 31.1 Å². The highest BCUT2D eigenvalue weighted by atomic mass is 32.2. The van der Waals surface area contributed by atoms with E-state index in [1.165, 1.54) is 21.9 Å². The summed E-state index contributed by atoms with van der Waals surface area (Å²) in [5, 5.41) is 5.66. The topological polar surface area (TPSA) is 79.3 Å². The lowest BCUT2D eigenvalue weighted by Gasteiger charge is -2.32. The first-order valence-electron chi connectivity index (χ1n) is 6.38. The molecule has 2 rings (SSSR count). The standard InChI is InChI=1S/C12H17N3O4S2/c1-21(17,18)15-6-4-14(5-7-15)12(16)10-19-13-9-11-3-2-8-20-11/h2-3,8-9H,4-7,10H2,1H3/b13-9+. The highest BCUT2D eigenvalue weighted by Gasteiger charge is 2.25. The van der Waals surface area contributed by atoms with Crippen LogP contribution >= 0.6 is 11.3 Å². The number of sulfonamides is 1. The molecule has 0 aliphatic carbocycles. The number of hydrogen-bond acceptors (Lipinski definition) is 6. The normalized spacial score (nSPS) is 17.3. The minimum absolute atomic E-state index is 0.138. The summed E-state index contributed by atoms with van der Waals surface area (Å²) in [4.78, 5) is 19.4. The molecular formula is C12H17N3O4S2. The average molecular weight is 331 g/mol. The van der Waals surface area contributed by atoms with Gasteiger partial charge in [-0.15, -0.1) is 11.3 Å². The van der Waals surface area contributed by atoms with Crippen molar-refractivity contribution in [3.63, 3.8) is 0 Å². The maximum atomic E-state index is 11.9. The van der Waals surface area contributed by atoms with E-state index >= 15 is 0 Å². The van der Waals surface area contributed by atoms with Crippen LogP contribution in [-0.2, 0) is 19.7 Å². The zero-order chi connectivity index (χ0) is 15.3. The van der Waals surface area contributed by atoms with Crippen molar-refractivity contribution in [3.8, 4) is 0 Å². The largest absolute Gasteiger partial charge is 0.386 e. The Morgan fingerprint density at radius 3 is 2.71 bits per heavy atom. The van der Waals surface area contributed by atoms with Crippen LogP contribution in [0.4, 0.5) is 0 Å². The molecule has 0 spiro atoms. The van der Waals surface area contributed by atoms with Gasteiger partial charge in [0.15, 0.2) is 6.61 Å². The molecule has 1 aliphatic heterocycles. The van der Waals surface area contributed by atoms with Crippen LogP contribution in [-0.4, -0.2) is 68.8 Å². The van der Waals surface area contributed by atoms with Gasteiger partial charge in [0.2, 0.25) is 10.0 Å². The first-order valence-corrected chi connectivity index (χ1v) is 9.11. The predicted molar refractivity (Wildman–Crippen MR) is 80.9 cm³/mol. The van der Waals surface area contributed by atoms with E-state index in [0.717, 1.165) is 4.88 Å². The summed E-state index contributed by atoms with van der Waals surface area (Å²) in [6.45, 7) is 1.26. The molecule has 116 valence electrons. The number of piperazine rings is 1. The monoisotopic (exact) mass is 331 g/mol. The van der Waals surface area contributed by atoms with Gasteiger partial charge in [-0.2, -0.15) is 4.31 Å². The molecule has 0 saturated carbocycles. The number of carbonyl (C=O) groups excluding carboxylic acids is 1. The third kappa shape index (κ3) is 4.80. The van der Waals surface area contributed by atoms with Crippen LogP contribution in [0, 0.1) is 0 Å². The number of nitrogens with zero attached hydrogens (tertiary/aromatic N) is 3. The summed E-state index contributed by atoms with van der Waals surface area (Å²) in [5.74, 6) is -0.188. The molecule has 2 heterocycles. The lowest BCUT2D eigenvalue weighted by molar-refractivity contribution is -0.137. The molecule has 0 unspecified atom stereocenters. The van der Waals surface area contributed by atoms with E-state index in [1.807, 2.05) is 17.5 Å². The number of thiophene rings is 1. The highest BCUT2D eigenvalue weighted by molar-refractivity contribution is 7.88. The van der Waals surface area contributed by atoms with Gasteiger partial charge in [0.05, 0.1) is 12.5 Å². The molecule has 0 N–H and O–H groups in total. The molecule has 1 aliphatic rings. The molecule has 1 aromatic heterocycles. The van der Waals surface area contributed by atoms with Crippen molar-refractivity contribution in [2.75, 3.05) is 39.0 Å². The van der Waals surface area contributed by atoms with E-state index in [9.17, 15) is 13.2 Å². The molecule has 0 aromatic carbocycles. The summed E-state index contributed by atoms with van der Waals surface area (Å²) in [6.07, 6.45) is 2.73. The van der Waals surface area contributed by atoms with Gasteiger partial charge in [0.25, 0.3) is 5.91 Å². The van der Waals surface area contributed by atoms with Crippen molar-refractivity contribution < 1.29 is 18.0 Å². The second kappa shape index (κ2) is 7.01. The van der Waals surface area contributed by atoms with Crippen LogP contribution < -0.4 is 0 Å². The van der Waals surface area contributed by atoms with Crippen molar-refractivity contribution >= 4 is 33.5 Å². The van der Waals surface area contributed by atoms with E-state index in [4.69, 9.17) is 4.84 Å². The SMILES string of the molecule is CS(=O)(=O)N1CCN(C(=O)CO/N=C/c2cccs2)CC1. The van der Waals surface area contributed by atoms with Gasteiger partial charge < -0.3 is 9.74 Å². The highest BCUT2D eigenvalue weighted by Crippen LogP contribution is 2.07. The smallest absolute Gasteiger partial charge is 0.263 e. The van der Waals surface area contributed by atoms with Gasteiger partial charge in [-0.25, -0.2) is 8.42 Å². The van der Waals surface area contributed by atoms with Crippen LogP contribution in [0.25, 0.3) is 0 Å². The maximum Gasteiger partial charge on any atom is 0.263 e. The first kappa shape index (κ1) is 15.9. The second-order valence-electron chi connectivity index (χ2n) is 4.57. The predicted octanol–water partition coefficient (Wildman–Crippen LogP) is 0.202. The van der Waals surface area contributed by atoms with Gasteiger partial charge in [-0.3, -0.25) is 4.79 Å². The zero-order valence-electron chi connectivity index (χ0n) is 11.6. The maximum absolute atomic E-state index is 11.9. The average Bonchev–Trinajstić information content (AvgIpc) is 2.96. The summed E-state index contributed by atoms with van der Waals surface area (Å²) in [5.41, 5.74) is 0. The van der Waals surface area contributed by atoms with Gasteiger partial charge >= 0.3 is 0 Å². The number of amides is 1. The second-order valence-corrected chi connectivity index (χ2v) is 7.53. The summed E-state index contributed by atoms with van der Waals surface area (Å²) in [7, 11) is -3.18. The van der Waals surface area contributed by atoms with Crippen LogP contribution in [0.15, 0.2) is 22.7 Å². The minimum Gasteiger partial charge on any atom is -0.386 e. The van der Waals surface area contributed by atoms with E-state index in [1.54, 1.807) is 11.1 Å². The number of oxime groups is 1. The van der Waals surface area contributed by atoms with Gasteiger partial charge in [-0.1, -0.05) is 11.2 Å². The fourth-order valence-electron chi connectivity index (χ4n) is 1.91. The molecule has 1 aromatic rings. The molecule has 21 heavy (non-hydrogen) atoms. The van der Waals surface area contributed by atoms with Crippen molar-refractivity contribution in [1.82, 2.24) is 9.21 Å². The molecule has 1 amide bonds. The molecule has 1 saturated heterocycles. The van der Waals surface area contributed by atoms with Crippen LogP contribution in [0.2, 0.25) is 0 Å². The fourth-order valence-corrected chi connectivity index (χ4v) is 3.31. The summed E-state index contributed by atoms with van der Waals surface area (Å²) >= 11 is 1.53. The lowest BCUT2D eigenvalue weighted by Crippen LogP contribution is -2.51. The van der Waals surface area contributed by atoms with Crippen LogP contribution in [0.5, 0.6) is 0 Å². The first-order chi connectivity index (χ1) is 9.97. The number of hydrogen-bond donors (Lipinski definition) is 0. The Morgan fingerprint density at radius 1 is 1.43 bits per heavy atom. The van der Waals surface area contributed by atoms with Crippen LogP contribution in [0.3, 0.4) is 0 Å². The van der Waals surface area contributed by atoms with E-state index in [0.29, 0.717) is 26.2 Å². The Kier molecular flexibility index (Phi) is 5.32. The van der Waals surface area contributed by atoms with Crippen molar-refractivity contribution in [2.45, 2.75) is 0 Å². The third-order valence-electron chi connectivity index (χ3n) is 3.05. The summed E-state index contributed by atoms with van der Waals surface area (Å²) < 4.78 is 24.1. The van der Waals surface area contributed by atoms with Gasteiger partial charge in [-0.05, 0) is 11.4 Å². The molecule has 0 bridgehead atoms.